The summed E-state index contributed by atoms with van der Waals surface area (Å²) in [6.07, 6.45) is -8.58. The Bertz CT molecular complexity index is 978. The normalized spacial score (nSPS) is 17.5. The second-order valence-corrected chi connectivity index (χ2v) is 12.2. The Morgan fingerprint density at radius 1 is 0.500 bits per heavy atom. The van der Waals surface area contributed by atoms with Gasteiger partial charge in [-0.05, 0) is 18.8 Å². The number of halogens is 17. The first-order valence-corrected chi connectivity index (χ1v) is 14.7. The Labute approximate surface area is 241 Å². The largest absolute Gasteiger partial charge is 0.460 e. The zero-order valence-electron chi connectivity index (χ0n) is 23.3. The summed E-state index contributed by atoms with van der Waals surface area (Å²) < 4.78 is 248. The second-order valence-electron chi connectivity index (χ2n) is 10.4. The first kappa shape index (κ1) is 43.0. The van der Waals surface area contributed by atoms with Crippen LogP contribution in [-0.2, 0) is 4.57 Å². The van der Waals surface area contributed by atoms with Gasteiger partial charge in [0.2, 0.25) is 0 Å². The molecule has 0 aliphatic rings. The Morgan fingerprint density at radius 3 is 1.11 bits per heavy atom. The van der Waals surface area contributed by atoms with E-state index in [1.165, 1.54) is 0 Å². The first-order valence-electron chi connectivity index (χ1n) is 13.1. The summed E-state index contributed by atoms with van der Waals surface area (Å²) in [6.45, 7) is 3.00. The van der Waals surface area contributed by atoms with E-state index >= 15 is 8.78 Å². The monoisotopic (exact) mass is 710 g/mol. The molecule has 0 amide bonds. The van der Waals surface area contributed by atoms with E-state index in [1.54, 1.807) is 0 Å². The van der Waals surface area contributed by atoms with Gasteiger partial charge in [-0.1, -0.05) is 72.1 Å². The van der Waals surface area contributed by atoms with Crippen molar-refractivity contribution in [2.45, 2.75) is 138 Å². The summed E-state index contributed by atoms with van der Waals surface area (Å²) in [4.78, 5) is 19.5. The fraction of sp³-hybridized carbons (Fsp3) is 1.00. The lowest BCUT2D eigenvalue weighted by atomic mass is 9.74. The molecule has 2 atom stereocenters. The fourth-order valence-corrected chi connectivity index (χ4v) is 6.66. The van der Waals surface area contributed by atoms with E-state index in [2.05, 4.69) is 0 Å². The van der Waals surface area contributed by atoms with Crippen molar-refractivity contribution < 1.29 is 89.0 Å². The standard InChI is InChI=1S/C23H32F17O3P/c1-4-7-8-9-10-11-12-13-14(5-2)15(6-3,44(41,42)43)16(24,25)17(26,27)18(28,29)19(30,31)20(32,33)21(34,35)22(36,37)23(38,39)40/h14H,4-13H2,1-3H3,(H2,41,42,43). The molecule has 0 aromatic rings. The third kappa shape index (κ3) is 6.55. The molecule has 0 radical (unpaired) electrons. The fourth-order valence-electron chi connectivity index (χ4n) is 4.96. The summed E-state index contributed by atoms with van der Waals surface area (Å²) in [5.74, 6) is -61.1. The van der Waals surface area contributed by atoms with Crippen LogP contribution < -0.4 is 0 Å². The highest BCUT2D eigenvalue weighted by Gasteiger charge is 2.96. The van der Waals surface area contributed by atoms with Crippen molar-refractivity contribution in [1.29, 1.82) is 0 Å². The molecule has 3 nitrogen and oxygen atoms in total. The summed E-state index contributed by atoms with van der Waals surface area (Å²) in [5, 5.41) is -4.77. The molecular weight excluding hydrogens is 678 g/mol. The van der Waals surface area contributed by atoms with Gasteiger partial charge < -0.3 is 9.79 Å². The molecule has 0 bridgehead atoms. The van der Waals surface area contributed by atoms with E-state index in [1.807, 2.05) is 6.92 Å². The molecule has 2 N–H and O–H groups in total. The maximum absolute atomic E-state index is 15.5. The van der Waals surface area contributed by atoms with Crippen molar-refractivity contribution in [3.05, 3.63) is 0 Å². The van der Waals surface area contributed by atoms with E-state index < -0.39 is 85.6 Å². The highest BCUT2D eigenvalue weighted by atomic mass is 31.2. The van der Waals surface area contributed by atoms with Crippen molar-refractivity contribution in [3.63, 3.8) is 0 Å². The number of rotatable bonds is 19. The van der Waals surface area contributed by atoms with Gasteiger partial charge in [0.1, 0.15) is 5.16 Å². The molecule has 0 rings (SSSR count). The molecule has 21 heteroatoms. The third-order valence-corrected chi connectivity index (χ3v) is 9.65. The Balaban J connectivity index is 7.11. The van der Waals surface area contributed by atoms with Crippen LogP contribution in [-0.4, -0.2) is 62.6 Å². The molecule has 266 valence electrons. The van der Waals surface area contributed by atoms with Crippen LogP contribution in [0.4, 0.5) is 74.6 Å². The van der Waals surface area contributed by atoms with Crippen molar-refractivity contribution in [1.82, 2.24) is 0 Å². The van der Waals surface area contributed by atoms with Gasteiger partial charge in [0, 0.05) is 0 Å². The first-order chi connectivity index (χ1) is 19.3. The predicted molar refractivity (Wildman–Crippen MR) is 122 cm³/mol. The summed E-state index contributed by atoms with van der Waals surface area (Å²) in [7, 11) is -6.92. The van der Waals surface area contributed by atoms with Gasteiger partial charge in [-0.2, -0.15) is 74.6 Å². The lowest BCUT2D eigenvalue weighted by molar-refractivity contribution is -0.463. The van der Waals surface area contributed by atoms with Gasteiger partial charge in [0.05, 0.1) is 0 Å². The van der Waals surface area contributed by atoms with Crippen LogP contribution >= 0.6 is 7.60 Å². The molecule has 0 aromatic carbocycles. The smallest absolute Gasteiger partial charge is 0.324 e. The molecule has 0 aliphatic heterocycles. The average Bonchev–Trinajstić information content (AvgIpc) is 2.85. The highest BCUT2D eigenvalue weighted by molar-refractivity contribution is 7.53. The van der Waals surface area contributed by atoms with Crippen LogP contribution in [0, 0.1) is 5.92 Å². The van der Waals surface area contributed by atoms with Crippen LogP contribution in [0.15, 0.2) is 0 Å². The Hall–Kier alpha value is -1.04. The van der Waals surface area contributed by atoms with Crippen molar-refractivity contribution in [2.24, 2.45) is 5.92 Å². The topological polar surface area (TPSA) is 57.5 Å². The van der Waals surface area contributed by atoms with Crippen molar-refractivity contribution >= 4 is 7.60 Å². The Kier molecular flexibility index (Phi) is 13.3. The minimum absolute atomic E-state index is 0.103. The molecule has 0 spiro atoms. The molecule has 0 saturated carbocycles. The second kappa shape index (κ2) is 13.6. The predicted octanol–water partition coefficient (Wildman–Crippen LogP) is 10.5. The summed E-state index contributed by atoms with van der Waals surface area (Å²) in [5.41, 5.74) is 0. The van der Waals surface area contributed by atoms with Gasteiger partial charge in [-0.15, -0.1) is 0 Å². The Morgan fingerprint density at radius 2 is 0.818 bits per heavy atom. The van der Waals surface area contributed by atoms with Crippen LogP contribution in [0.25, 0.3) is 0 Å². The third-order valence-electron chi connectivity index (χ3n) is 7.65. The summed E-state index contributed by atoms with van der Waals surface area (Å²) in [6, 6.07) is 0. The van der Waals surface area contributed by atoms with Gasteiger partial charge in [-0.25, -0.2) is 0 Å². The molecule has 0 aromatic heterocycles. The maximum Gasteiger partial charge on any atom is 0.460 e. The molecular formula is C23H32F17O3P. The van der Waals surface area contributed by atoms with E-state index in [-0.39, 0.29) is 12.8 Å². The van der Waals surface area contributed by atoms with Gasteiger partial charge in [0.25, 0.3) is 0 Å². The van der Waals surface area contributed by atoms with Crippen LogP contribution in [0.5, 0.6) is 0 Å². The minimum Gasteiger partial charge on any atom is -0.324 e. The number of unbranched alkanes of at least 4 members (excludes halogenated alkanes) is 6. The van der Waals surface area contributed by atoms with Crippen LogP contribution in [0.1, 0.15) is 85.0 Å². The average molecular weight is 710 g/mol. The quantitative estimate of drug-likeness (QED) is 0.0797. The summed E-state index contributed by atoms with van der Waals surface area (Å²) >= 11 is 0. The van der Waals surface area contributed by atoms with E-state index in [9.17, 15) is 80.2 Å². The lowest BCUT2D eigenvalue weighted by Crippen LogP contribution is -2.76. The van der Waals surface area contributed by atoms with Crippen molar-refractivity contribution in [2.75, 3.05) is 0 Å². The zero-order chi connectivity index (χ0) is 35.6. The number of hydrogen-bond donors (Lipinski definition) is 2. The highest BCUT2D eigenvalue weighted by Crippen LogP contribution is 2.72. The van der Waals surface area contributed by atoms with Gasteiger partial charge >= 0.3 is 55.2 Å². The molecule has 2 unspecified atom stereocenters. The zero-order valence-corrected chi connectivity index (χ0v) is 24.2. The van der Waals surface area contributed by atoms with E-state index in [4.69, 9.17) is 0 Å². The van der Waals surface area contributed by atoms with Gasteiger partial charge in [0.15, 0.2) is 0 Å². The van der Waals surface area contributed by atoms with Crippen LogP contribution in [0.2, 0.25) is 0 Å². The molecule has 0 heterocycles. The van der Waals surface area contributed by atoms with Crippen molar-refractivity contribution in [3.8, 4) is 0 Å². The molecule has 0 fully saturated rings. The lowest BCUT2D eigenvalue weighted by Gasteiger charge is -2.50. The van der Waals surface area contributed by atoms with E-state index in [0.29, 0.717) is 26.2 Å². The van der Waals surface area contributed by atoms with E-state index in [0.717, 1.165) is 19.8 Å². The van der Waals surface area contributed by atoms with Gasteiger partial charge in [-0.3, -0.25) is 4.57 Å². The SMILES string of the molecule is CCCCCCCCCC(CC)C(CC)(C(F)(F)C(F)(F)C(F)(F)C(F)(F)C(F)(F)C(F)(F)C(F)(F)C(F)(F)F)P(=O)(O)O. The van der Waals surface area contributed by atoms with Crippen LogP contribution in [0.3, 0.4) is 0 Å². The minimum atomic E-state index is -8.82. The number of hydrogen-bond acceptors (Lipinski definition) is 1. The molecule has 0 aliphatic carbocycles. The maximum atomic E-state index is 15.5. The molecule has 44 heavy (non-hydrogen) atoms. The molecule has 0 saturated heterocycles. The number of alkyl halides is 17.